The van der Waals surface area contributed by atoms with Gasteiger partial charge in [0.25, 0.3) is 10.1 Å². The second-order valence-corrected chi connectivity index (χ2v) is 8.51. The average molecular weight is 450 g/mol. The van der Waals surface area contributed by atoms with Gasteiger partial charge in [-0.1, -0.05) is 6.92 Å². The van der Waals surface area contributed by atoms with Crippen LogP contribution in [0.4, 0.5) is 8.78 Å². The summed E-state index contributed by atoms with van der Waals surface area (Å²) < 4.78 is 69.6. The number of hydrogen-bond donors (Lipinski definition) is 1. The monoisotopic (exact) mass is 450 g/mol. The lowest BCUT2D eigenvalue weighted by atomic mass is 9.92. The molecule has 9 nitrogen and oxygen atoms in total. The van der Waals surface area contributed by atoms with E-state index in [2.05, 4.69) is 14.7 Å². The first-order valence-electron chi connectivity index (χ1n) is 8.90. The van der Waals surface area contributed by atoms with Crippen molar-refractivity contribution in [3.05, 3.63) is 23.3 Å². The van der Waals surface area contributed by atoms with E-state index in [1.54, 1.807) is 13.0 Å². The molecule has 12 heteroatoms. The van der Waals surface area contributed by atoms with Crippen LogP contribution in [-0.2, 0) is 23.8 Å². The molecule has 0 aromatic heterocycles. The predicted molar refractivity (Wildman–Crippen MR) is 103 cm³/mol. The van der Waals surface area contributed by atoms with Gasteiger partial charge in [-0.15, -0.1) is 0 Å². The van der Waals surface area contributed by atoms with Gasteiger partial charge in [-0.05, 0) is 19.1 Å². The zero-order valence-electron chi connectivity index (χ0n) is 17.0. The molecule has 0 saturated carbocycles. The molecule has 0 spiro atoms. The van der Waals surface area contributed by atoms with Crippen molar-refractivity contribution in [3.8, 4) is 11.5 Å². The summed E-state index contributed by atoms with van der Waals surface area (Å²) >= 11 is 0. The maximum atomic E-state index is 13.9. The number of nitrogens with zero attached hydrogens (tertiary/aromatic N) is 1. The summed E-state index contributed by atoms with van der Waals surface area (Å²) in [5.74, 6) is -3.51. The third-order valence-electron chi connectivity index (χ3n) is 4.14. The van der Waals surface area contributed by atoms with E-state index in [0.29, 0.717) is 28.8 Å². The Balaban J connectivity index is 2.27. The largest absolute Gasteiger partial charge is 0.487 e. The number of hydrogen-bond acceptors (Lipinski definition) is 8. The molecule has 1 N–H and O–H groups in total. The maximum absolute atomic E-state index is 13.9. The smallest absolute Gasteiger partial charge is 0.305 e. The molecule has 168 valence electrons. The highest BCUT2D eigenvalue weighted by Crippen LogP contribution is 2.35. The molecule has 1 heterocycles. The van der Waals surface area contributed by atoms with Crippen molar-refractivity contribution in [2.75, 3.05) is 33.4 Å². The molecule has 0 fully saturated rings. The van der Waals surface area contributed by atoms with Crippen LogP contribution in [0.15, 0.2) is 17.2 Å². The summed E-state index contributed by atoms with van der Waals surface area (Å²) in [4.78, 5) is 11.5. The summed E-state index contributed by atoms with van der Waals surface area (Å²) in [6.45, 7) is 0.912. The lowest BCUT2D eigenvalue weighted by molar-refractivity contribution is -0.121. The van der Waals surface area contributed by atoms with Gasteiger partial charge in [0.2, 0.25) is 5.91 Å². The van der Waals surface area contributed by atoms with Gasteiger partial charge < -0.3 is 14.2 Å². The van der Waals surface area contributed by atoms with E-state index in [4.69, 9.17) is 14.2 Å². The molecule has 1 aromatic carbocycles. The van der Waals surface area contributed by atoms with Crippen LogP contribution in [-0.4, -0.2) is 59.3 Å². The van der Waals surface area contributed by atoms with Crippen molar-refractivity contribution in [1.29, 1.82) is 0 Å². The molecule has 0 saturated heterocycles. The second-order valence-electron chi connectivity index (χ2n) is 6.86. The number of carbonyl (C=O) groups excluding carboxylic acids is 1. The molecule has 1 aliphatic rings. The van der Waals surface area contributed by atoms with Crippen molar-refractivity contribution >= 4 is 21.7 Å². The Bertz CT molecular complexity index is 919. The number of rotatable bonds is 10. The molecule has 1 aliphatic heterocycles. The summed E-state index contributed by atoms with van der Waals surface area (Å²) in [6, 6.07) is 3.06. The van der Waals surface area contributed by atoms with Crippen molar-refractivity contribution in [3.63, 3.8) is 0 Å². The molecule has 1 amide bonds. The number of halogens is 2. The standard InChI is InChI=1S/C18H24F2N2O7S/c1-11-7-15(23)21-22-16(11)13-5-6-14(12(2)17(13)28-10-26-3)27-8-18(19,20)9-29-30(4,24)25/h5-6,11H,7-10H2,1-4H3,(H,21,23). The quantitative estimate of drug-likeness (QED) is 0.427. The molecule has 2 rings (SSSR count). The number of alkyl halides is 2. The van der Waals surface area contributed by atoms with Crippen molar-refractivity contribution in [1.82, 2.24) is 5.43 Å². The first-order chi connectivity index (χ1) is 13.9. The Hall–Kier alpha value is -2.31. The van der Waals surface area contributed by atoms with Crippen LogP contribution in [0.25, 0.3) is 0 Å². The minimum atomic E-state index is -4.01. The van der Waals surface area contributed by atoms with E-state index in [1.165, 1.54) is 13.2 Å². The van der Waals surface area contributed by atoms with Crippen molar-refractivity contribution in [2.45, 2.75) is 26.2 Å². The zero-order valence-corrected chi connectivity index (χ0v) is 17.8. The summed E-state index contributed by atoms with van der Waals surface area (Å²) in [5, 5.41) is 4.10. The van der Waals surface area contributed by atoms with E-state index < -0.39 is 29.3 Å². The Kier molecular flexibility index (Phi) is 7.72. The molecular formula is C18H24F2N2O7S. The van der Waals surface area contributed by atoms with E-state index in [1.807, 2.05) is 6.92 Å². The zero-order chi connectivity index (χ0) is 22.5. The second kappa shape index (κ2) is 9.67. The van der Waals surface area contributed by atoms with Gasteiger partial charge in [-0.2, -0.15) is 13.5 Å². The highest BCUT2D eigenvalue weighted by Gasteiger charge is 2.33. The Morgan fingerprint density at radius 1 is 1.27 bits per heavy atom. The number of benzene rings is 1. The molecule has 0 aliphatic carbocycles. The van der Waals surface area contributed by atoms with E-state index in [0.717, 1.165) is 0 Å². The number of methoxy groups -OCH3 is 1. The van der Waals surface area contributed by atoms with Crippen LogP contribution in [0, 0.1) is 12.8 Å². The molecule has 0 bridgehead atoms. The minimum Gasteiger partial charge on any atom is -0.487 e. The average Bonchev–Trinajstić information content (AvgIpc) is 2.64. The van der Waals surface area contributed by atoms with E-state index in [-0.39, 0.29) is 30.8 Å². The van der Waals surface area contributed by atoms with Gasteiger partial charge >= 0.3 is 5.92 Å². The number of nitrogens with one attached hydrogen (secondary N) is 1. The number of ether oxygens (including phenoxy) is 3. The van der Waals surface area contributed by atoms with Crippen LogP contribution in [0.5, 0.6) is 11.5 Å². The Morgan fingerprint density at radius 3 is 2.57 bits per heavy atom. The number of carbonyl (C=O) groups is 1. The highest BCUT2D eigenvalue weighted by atomic mass is 32.2. The Morgan fingerprint density at radius 2 is 1.97 bits per heavy atom. The van der Waals surface area contributed by atoms with Crippen molar-refractivity contribution in [2.24, 2.45) is 11.0 Å². The van der Waals surface area contributed by atoms with Gasteiger partial charge in [0.1, 0.15) is 18.1 Å². The fourth-order valence-electron chi connectivity index (χ4n) is 2.73. The normalized spacial score (nSPS) is 17.3. The van der Waals surface area contributed by atoms with Crippen LogP contribution in [0.2, 0.25) is 0 Å². The summed E-state index contributed by atoms with van der Waals surface area (Å²) in [6.07, 6.45) is 0.927. The number of amides is 1. The lowest BCUT2D eigenvalue weighted by Crippen LogP contribution is -2.33. The first-order valence-corrected chi connectivity index (χ1v) is 10.7. The van der Waals surface area contributed by atoms with Crippen LogP contribution >= 0.6 is 0 Å². The third kappa shape index (κ3) is 6.61. The van der Waals surface area contributed by atoms with Gasteiger partial charge in [-0.3, -0.25) is 8.98 Å². The lowest BCUT2D eigenvalue weighted by Gasteiger charge is -2.24. The van der Waals surface area contributed by atoms with Gasteiger partial charge in [-0.25, -0.2) is 14.2 Å². The summed E-state index contributed by atoms with van der Waals surface area (Å²) in [5.41, 5.74) is 3.97. The van der Waals surface area contributed by atoms with Crippen molar-refractivity contribution < 1.29 is 40.4 Å². The highest BCUT2D eigenvalue weighted by molar-refractivity contribution is 7.85. The maximum Gasteiger partial charge on any atom is 0.305 e. The fourth-order valence-corrected chi connectivity index (χ4v) is 3.12. The molecule has 1 atom stereocenters. The SMILES string of the molecule is COCOc1c(C2=NNC(=O)CC2C)ccc(OCC(F)(F)COS(C)(=O)=O)c1C. The Labute approximate surface area is 173 Å². The number of hydrazone groups is 1. The molecule has 0 radical (unpaired) electrons. The predicted octanol–water partition coefficient (Wildman–Crippen LogP) is 1.83. The third-order valence-corrected chi connectivity index (χ3v) is 4.68. The van der Waals surface area contributed by atoms with Crippen LogP contribution in [0.3, 0.4) is 0 Å². The minimum absolute atomic E-state index is 0.107. The van der Waals surface area contributed by atoms with Crippen LogP contribution < -0.4 is 14.9 Å². The topological polar surface area (TPSA) is 113 Å². The summed E-state index contributed by atoms with van der Waals surface area (Å²) in [7, 11) is -2.58. The fraction of sp³-hybridized carbons (Fsp3) is 0.556. The van der Waals surface area contributed by atoms with Crippen LogP contribution in [0.1, 0.15) is 24.5 Å². The molecule has 1 aromatic rings. The van der Waals surface area contributed by atoms with Gasteiger partial charge in [0, 0.05) is 30.6 Å². The molecule has 30 heavy (non-hydrogen) atoms. The first kappa shape index (κ1) is 24.0. The van der Waals surface area contributed by atoms with Gasteiger partial charge in [0.15, 0.2) is 13.4 Å². The molecule has 1 unspecified atom stereocenters. The van der Waals surface area contributed by atoms with Gasteiger partial charge in [0.05, 0.1) is 12.0 Å². The van der Waals surface area contributed by atoms with E-state index >= 15 is 0 Å². The molecular weight excluding hydrogens is 426 g/mol. The van der Waals surface area contributed by atoms with E-state index in [9.17, 15) is 22.0 Å².